The van der Waals surface area contributed by atoms with Crippen LogP contribution in [0.25, 0.3) is 0 Å². The number of hydrogen-bond acceptors (Lipinski definition) is 4. The van der Waals surface area contributed by atoms with E-state index in [-0.39, 0.29) is 23.5 Å². The molecule has 27 heavy (non-hydrogen) atoms. The minimum atomic E-state index is -0.751. The first-order chi connectivity index (χ1) is 13.0. The van der Waals surface area contributed by atoms with Gasteiger partial charge in [0.05, 0.1) is 12.5 Å². The second-order valence-electron chi connectivity index (χ2n) is 7.55. The van der Waals surface area contributed by atoms with Gasteiger partial charge in [0, 0.05) is 41.9 Å². The van der Waals surface area contributed by atoms with Crippen molar-refractivity contribution >= 4 is 17.5 Å². The summed E-state index contributed by atoms with van der Waals surface area (Å²) in [5, 5.41) is 9.12. The standard InChI is InChI=1S/C22H22N2O3/c1-13(14-5-3-2-4-6-14)7-17(25)9-16-8-15-11-24-21(20(15)12-23-16)18-10-19(18)22(26)27/h2-6,8,12-13,18-19H,7,9-11H2,1H3,(H,26,27)/t13-,18?,19?/m0/s1. The van der Waals surface area contributed by atoms with Crippen LogP contribution in [0, 0.1) is 11.8 Å². The molecule has 1 aromatic heterocycles. The number of hydrogen-bond donors (Lipinski definition) is 1. The summed E-state index contributed by atoms with van der Waals surface area (Å²) >= 11 is 0. The van der Waals surface area contributed by atoms with Gasteiger partial charge in [-0.2, -0.15) is 0 Å². The molecule has 2 heterocycles. The predicted octanol–water partition coefficient (Wildman–Crippen LogP) is 3.41. The summed E-state index contributed by atoms with van der Waals surface area (Å²) in [6, 6.07) is 12.0. The number of carbonyl (C=O) groups is 2. The normalized spacial score (nSPS) is 21.3. The lowest BCUT2D eigenvalue weighted by atomic mass is 9.94. The number of carboxylic acid groups (broad SMARTS) is 1. The van der Waals surface area contributed by atoms with E-state index in [0.29, 0.717) is 25.8 Å². The Morgan fingerprint density at radius 2 is 2.04 bits per heavy atom. The first-order valence-electron chi connectivity index (χ1n) is 9.35. The van der Waals surface area contributed by atoms with Crippen LogP contribution >= 0.6 is 0 Å². The summed E-state index contributed by atoms with van der Waals surface area (Å²) < 4.78 is 0. The molecule has 2 aromatic rings. The van der Waals surface area contributed by atoms with Crippen LogP contribution < -0.4 is 0 Å². The molecule has 5 heteroatoms. The fourth-order valence-corrected chi connectivity index (χ4v) is 3.86. The summed E-state index contributed by atoms with van der Waals surface area (Å²) in [6.45, 7) is 2.62. The minimum Gasteiger partial charge on any atom is -0.481 e. The van der Waals surface area contributed by atoms with Crippen LogP contribution in [0.2, 0.25) is 0 Å². The highest BCUT2D eigenvalue weighted by molar-refractivity contribution is 6.08. The zero-order valence-electron chi connectivity index (χ0n) is 15.3. The van der Waals surface area contributed by atoms with Gasteiger partial charge in [-0.15, -0.1) is 0 Å². The number of benzene rings is 1. The predicted molar refractivity (Wildman–Crippen MR) is 102 cm³/mol. The van der Waals surface area contributed by atoms with E-state index in [9.17, 15) is 9.59 Å². The van der Waals surface area contributed by atoms with Crippen LogP contribution in [-0.2, 0) is 22.6 Å². The zero-order valence-corrected chi connectivity index (χ0v) is 15.3. The number of fused-ring (bicyclic) bond motifs is 1. The van der Waals surface area contributed by atoms with Crippen molar-refractivity contribution < 1.29 is 14.7 Å². The Kier molecular flexibility index (Phi) is 4.60. The van der Waals surface area contributed by atoms with Gasteiger partial charge in [0.15, 0.2) is 0 Å². The maximum Gasteiger partial charge on any atom is 0.307 e. The van der Waals surface area contributed by atoms with E-state index in [0.717, 1.165) is 22.5 Å². The number of rotatable bonds is 7. The van der Waals surface area contributed by atoms with Gasteiger partial charge in [-0.05, 0) is 29.5 Å². The molecule has 1 N–H and O–H groups in total. The van der Waals surface area contributed by atoms with E-state index in [1.165, 1.54) is 5.56 Å². The van der Waals surface area contributed by atoms with Gasteiger partial charge in [0.25, 0.3) is 0 Å². The van der Waals surface area contributed by atoms with Gasteiger partial charge in [0.1, 0.15) is 5.78 Å². The number of carbonyl (C=O) groups excluding carboxylic acids is 1. The summed E-state index contributed by atoms with van der Waals surface area (Å²) in [7, 11) is 0. The highest BCUT2D eigenvalue weighted by Crippen LogP contribution is 2.43. The quantitative estimate of drug-likeness (QED) is 0.818. The molecule has 3 atom stereocenters. The first-order valence-corrected chi connectivity index (χ1v) is 9.35. The number of nitrogens with zero attached hydrogens (tertiary/aromatic N) is 2. The van der Waals surface area contributed by atoms with Crippen LogP contribution in [0.15, 0.2) is 47.6 Å². The summed E-state index contributed by atoms with van der Waals surface area (Å²) in [5.74, 6) is -0.684. The van der Waals surface area contributed by atoms with Gasteiger partial charge < -0.3 is 5.11 Å². The van der Waals surface area contributed by atoms with Crippen molar-refractivity contribution in [2.45, 2.75) is 38.6 Å². The average molecular weight is 362 g/mol. The zero-order chi connectivity index (χ0) is 19.0. The Morgan fingerprint density at radius 1 is 1.26 bits per heavy atom. The molecule has 0 radical (unpaired) electrons. The summed E-state index contributed by atoms with van der Waals surface area (Å²) in [4.78, 5) is 32.5. The van der Waals surface area contributed by atoms with E-state index < -0.39 is 5.97 Å². The lowest BCUT2D eigenvalue weighted by Gasteiger charge is -2.11. The molecule has 138 valence electrons. The molecule has 0 spiro atoms. The molecule has 1 aliphatic carbocycles. The molecule has 2 unspecified atom stereocenters. The molecule has 2 aliphatic rings. The fourth-order valence-electron chi connectivity index (χ4n) is 3.86. The van der Waals surface area contributed by atoms with Crippen molar-refractivity contribution in [2.75, 3.05) is 0 Å². The van der Waals surface area contributed by atoms with E-state index in [1.54, 1.807) is 6.20 Å². The molecule has 5 nitrogen and oxygen atoms in total. The van der Waals surface area contributed by atoms with Gasteiger partial charge >= 0.3 is 5.97 Å². The molecule has 0 saturated heterocycles. The van der Waals surface area contributed by atoms with Crippen molar-refractivity contribution in [3.8, 4) is 0 Å². The summed E-state index contributed by atoms with van der Waals surface area (Å²) in [6.07, 6.45) is 3.24. The van der Waals surface area contributed by atoms with Gasteiger partial charge in [-0.1, -0.05) is 37.3 Å². The minimum absolute atomic E-state index is 0.0183. The van der Waals surface area contributed by atoms with Crippen molar-refractivity contribution in [3.05, 3.63) is 65.0 Å². The highest BCUT2D eigenvalue weighted by atomic mass is 16.4. The van der Waals surface area contributed by atoms with Crippen LogP contribution in [0.4, 0.5) is 0 Å². The second kappa shape index (κ2) is 7.06. The maximum atomic E-state index is 12.5. The Balaban J connectivity index is 1.39. The van der Waals surface area contributed by atoms with Gasteiger partial charge in [-0.25, -0.2) is 0 Å². The smallest absolute Gasteiger partial charge is 0.307 e. The Labute approximate surface area is 158 Å². The molecule has 1 fully saturated rings. The van der Waals surface area contributed by atoms with Crippen LogP contribution in [0.5, 0.6) is 0 Å². The van der Waals surface area contributed by atoms with Crippen molar-refractivity contribution in [3.63, 3.8) is 0 Å². The van der Waals surface area contributed by atoms with E-state index in [2.05, 4.69) is 16.9 Å². The number of pyridine rings is 1. The van der Waals surface area contributed by atoms with Gasteiger partial charge in [0.2, 0.25) is 0 Å². The number of aliphatic imine (C=N–C) groups is 1. The topological polar surface area (TPSA) is 79.6 Å². The van der Waals surface area contributed by atoms with E-state index in [1.807, 2.05) is 36.4 Å². The Bertz CT molecular complexity index is 920. The van der Waals surface area contributed by atoms with Crippen LogP contribution in [0.3, 0.4) is 0 Å². The maximum absolute atomic E-state index is 12.5. The third-order valence-corrected chi connectivity index (χ3v) is 5.48. The third kappa shape index (κ3) is 3.68. The molecule has 0 amide bonds. The summed E-state index contributed by atoms with van der Waals surface area (Å²) in [5.41, 5.74) is 4.82. The molecular weight excluding hydrogens is 340 g/mol. The van der Waals surface area contributed by atoms with Crippen LogP contribution in [-0.4, -0.2) is 27.6 Å². The van der Waals surface area contributed by atoms with E-state index in [4.69, 9.17) is 5.11 Å². The van der Waals surface area contributed by atoms with Crippen molar-refractivity contribution in [1.82, 2.24) is 4.98 Å². The SMILES string of the molecule is C[C@@H](CC(=O)Cc1cc2c(cn1)C(C1CC1C(=O)O)=NC2)c1ccccc1. The number of aliphatic carboxylic acids is 1. The molecule has 4 rings (SSSR count). The Hall–Kier alpha value is -2.82. The third-order valence-electron chi connectivity index (χ3n) is 5.48. The number of ketones is 1. The second-order valence-corrected chi connectivity index (χ2v) is 7.55. The lowest BCUT2D eigenvalue weighted by molar-refractivity contribution is -0.138. The van der Waals surface area contributed by atoms with Crippen molar-refractivity contribution in [1.29, 1.82) is 0 Å². The highest BCUT2D eigenvalue weighted by Gasteiger charge is 2.48. The monoisotopic (exact) mass is 362 g/mol. The fraction of sp³-hybridized carbons (Fsp3) is 0.364. The Morgan fingerprint density at radius 3 is 2.74 bits per heavy atom. The van der Waals surface area contributed by atoms with Crippen molar-refractivity contribution in [2.24, 2.45) is 16.8 Å². The van der Waals surface area contributed by atoms with Crippen LogP contribution in [0.1, 0.15) is 48.1 Å². The average Bonchev–Trinajstić information content (AvgIpc) is 3.35. The number of Topliss-reactive ketones (excluding diaryl/α,β-unsaturated/α-hetero) is 1. The van der Waals surface area contributed by atoms with Gasteiger partial charge in [-0.3, -0.25) is 19.6 Å². The largest absolute Gasteiger partial charge is 0.481 e. The molecule has 1 aliphatic heterocycles. The first kappa shape index (κ1) is 17.6. The molecule has 1 saturated carbocycles. The molecule has 0 bridgehead atoms. The molecule has 1 aromatic carbocycles. The molecular formula is C22H22N2O3. The van der Waals surface area contributed by atoms with E-state index >= 15 is 0 Å². The number of aromatic nitrogens is 1. The number of carboxylic acids is 1. The lowest BCUT2D eigenvalue weighted by Crippen LogP contribution is -2.11.